The Morgan fingerprint density at radius 2 is 2.06 bits per heavy atom. The molecule has 6 heteroatoms. The van der Waals surface area contributed by atoms with Gasteiger partial charge in [-0.2, -0.15) is 18.3 Å². The number of aliphatic hydroxyl groups excluding tert-OH is 1. The minimum Gasteiger partial charge on any atom is -0.395 e. The molecule has 1 aliphatic rings. The van der Waals surface area contributed by atoms with Gasteiger partial charge in [-0.3, -0.25) is 5.10 Å². The molecule has 2 N–H and O–H groups in total. The van der Waals surface area contributed by atoms with E-state index >= 15 is 0 Å². The molecular weight excluding hydrogens is 221 g/mol. The SMILES string of the molecule is CC1(C)CC1(CO)c1cn[nH]c1C(F)(F)F. The number of alkyl halides is 3. The van der Waals surface area contributed by atoms with Crippen LogP contribution in [0.1, 0.15) is 31.5 Å². The van der Waals surface area contributed by atoms with Crippen LogP contribution < -0.4 is 0 Å². The van der Waals surface area contributed by atoms with Crippen LogP contribution in [0.4, 0.5) is 13.2 Å². The van der Waals surface area contributed by atoms with Crippen molar-refractivity contribution in [2.24, 2.45) is 5.41 Å². The maximum Gasteiger partial charge on any atom is 0.433 e. The number of hydrogen-bond acceptors (Lipinski definition) is 2. The first kappa shape index (κ1) is 11.4. The van der Waals surface area contributed by atoms with Crippen molar-refractivity contribution in [2.75, 3.05) is 6.61 Å². The van der Waals surface area contributed by atoms with Gasteiger partial charge in [0.15, 0.2) is 0 Å². The van der Waals surface area contributed by atoms with Crippen molar-refractivity contribution < 1.29 is 18.3 Å². The van der Waals surface area contributed by atoms with E-state index in [-0.39, 0.29) is 17.6 Å². The Morgan fingerprint density at radius 3 is 2.44 bits per heavy atom. The number of H-pyrrole nitrogens is 1. The molecule has 0 aliphatic heterocycles. The Labute approximate surface area is 90.7 Å². The third-order valence-electron chi connectivity index (χ3n) is 3.62. The Balaban J connectivity index is 2.47. The van der Waals surface area contributed by atoms with Crippen molar-refractivity contribution in [3.8, 4) is 0 Å². The maximum absolute atomic E-state index is 12.7. The third-order valence-corrected chi connectivity index (χ3v) is 3.62. The van der Waals surface area contributed by atoms with Gasteiger partial charge >= 0.3 is 6.18 Å². The van der Waals surface area contributed by atoms with Gasteiger partial charge in [-0.15, -0.1) is 0 Å². The number of aliphatic hydroxyl groups is 1. The number of aromatic amines is 1. The molecule has 1 aromatic heterocycles. The zero-order valence-electron chi connectivity index (χ0n) is 9.02. The highest BCUT2D eigenvalue weighted by atomic mass is 19.4. The molecule has 0 bridgehead atoms. The Morgan fingerprint density at radius 1 is 1.50 bits per heavy atom. The summed E-state index contributed by atoms with van der Waals surface area (Å²) < 4.78 is 38.0. The van der Waals surface area contributed by atoms with E-state index in [1.807, 2.05) is 18.9 Å². The molecule has 2 rings (SSSR count). The highest BCUT2D eigenvalue weighted by Gasteiger charge is 2.64. The quantitative estimate of drug-likeness (QED) is 0.823. The zero-order valence-corrected chi connectivity index (χ0v) is 9.02. The van der Waals surface area contributed by atoms with Crippen LogP contribution in [0.3, 0.4) is 0 Å². The summed E-state index contributed by atoms with van der Waals surface area (Å²) >= 11 is 0. The lowest BCUT2D eigenvalue weighted by molar-refractivity contribution is -0.142. The van der Waals surface area contributed by atoms with Crippen LogP contribution in [0.15, 0.2) is 6.20 Å². The molecular formula is C10H13F3N2O. The van der Waals surface area contributed by atoms with E-state index in [1.54, 1.807) is 0 Å². The van der Waals surface area contributed by atoms with E-state index in [4.69, 9.17) is 0 Å². The Bertz CT molecular complexity index is 410. The minimum absolute atomic E-state index is 0.0764. The minimum atomic E-state index is -4.45. The Hall–Kier alpha value is -1.04. The fourth-order valence-corrected chi connectivity index (χ4v) is 2.39. The number of halogens is 3. The monoisotopic (exact) mass is 234 g/mol. The van der Waals surface area contributed by atoms with E-state index in [0.717, 1.165) is 0 Å². The van der Waals surface area contributed by atoms with E-state index in [0.29, 0.717) is 6.42 Å². The number of aromatic nitrogens is 2. The van der Waals surface area contributed by atoms with Crippen LogP contribution in [-0.4, -0.2) is 21.9 Å². The lowest BCUT2D eigenvalue weighted by Crippen LogP contribution is -2.23. The summed E-state index contributed by atoms with van der Waals surface area (Å²) in [4.78, 5) is 0. The van der Waals surface area contributed by atoms with Gasteiger partial charge in [-0.1, -0.05) is 13.8 Å². The van der Waals surface area contributed by atoms with Gasteiger partial charge in [0.2, 0.25) is 0 Å². The van der Waals surface area contributed by atoms with Crippen LogP contribution >= 0.6 is 0 Å². The number of hydrogen-bond donors (Lipinski definition) is 2. The van der Waals surface area contributed by atoms with Gasteiger partial charge in [-0.25, -0.2) is 0 Å². The lowest BCUT2D eigenvalue weighted by Gasteiger charge is -2.18. The largest absolute Gasteiger partial charge is 0.433 e. The van der Waals surface area contributed by atoms with E-state index < -0.39 is 17.3 Å². The average molecular weight is 234 g/mol. The smallest absolute Gasteiger partial charge is 0.395 e. The second kappa shape index (κ2) is 3.00. The highest BCUT2D eigenvalue weighted by Crippen LogP contribution is 2.65. The van der Waals surface area contributed by atoms with Crippen molar-refractivity contribution >= 4 is 0 Å². The topological polar surface area (TPSA) is 48.9 Å². The van der Waals surface area contributed by atoms with Gasteiger partial charge in [0.1, 0.15) is 5.69 Å². The van der Waals surface area contributed by atoms with Crippen LogP contribution in [0.2, 0.25) is 0 Å². The zero-order chi connectivity index (χ0) is 12.2. The van der Waals surface area contributed by atoms with Crippen LogP contribution in [0.5, 0.6) is 0 Å². The molecule has 1 unspecified atom stereocenters. The van der Waals surface area contributed by atoms with Crippen molar-refractivity contribution in [3.63, 3.8) is 0 Å². The first-order valence-electron chi connectivity index (χ1n) is 4.96. The Kier molecular flexibility index (Phi) is 2.15. The second-order valence-electron chi connectivity index (χ2n) is 4.96. The summed E-state index contributed by atoms with van der Waals surface area (Å²) in [6.07, 6.45) is -2.74. The third kappa shape index (κ3) is 1.36. The number of nitrogens with one attached hydrogen (secondary N) is 1. The second-order valence-corrected chi connectivity index (χ2v) is 4.96. The number of rotatable bonds is 2. The molecule has 0 spiro atoms. The number of nitrogens with zero attached hydrogens (tertiary/aromatic N) is 1. The molecule has 1 saturated carbocycles. The molecule has 1 fully saturated rings. The van der Waals surface area contributed by atoms with Crippen LogP contribution in [-0.2, 0) is 11.6 Å². The molecule has 16 heavy (non-hydrogen) atoms. The summed E-state index contributed by atoms with van der Waals surface area (Å²) in [6.45, 7) is 3.40. The maximum atomic E-state index is 12.7. The van der Waals surface area contributed by atoms with Gasteiger partial charge in [0.25, 0.3) is 0 Å². The van der Waals surface area contributed by atoms with Crippen molar-refractivity contribution in [2.45, 2.75) is 31.9 Å². The predicted molar refractivity (Wildman–Crippen MR) is 50.8 cm³/mol. The lowest BCUT2D eigenvalue weighted by atomic mass is 9.89. The standard InChI is InChI=1S/C10H13F3N2O/c1-8(2)4-9(8,5-16)6-3-14-15-7(6)10(11,12)13/h3,16H,4-5H2,1-2H3,(H,14,15). The average Bonchev–Trinajstić information content (AvgIpc) is 2.59. The van der Waals surface area contributed by atoms with E-state index in [9.17, 15) is 18.3 Å². The fourth-order valence-electron chi connectivity index (χ4n) is 2.39. The molecule has 1 heterocycles. The first-order chi connectivity index (χ1) is 7.24. The molecule has 0 radical (unpaired) electrons. The van der Waals surface area contributed by atoms with Gasteiger partial charge in [-0.05, 0) is 11.8 Å². The normalized spacial score (nSPS) is 28.1. The summed E-state index contributed by atoms with van der Waals surface area (Å²) in [5.74, 6) is 0. The molecule has 0 amide bonds. The van der Waals surface area contributed by atoms with E-state index in [2.05, 4.69) is 5.10 Å². The van der Waals surface area contributed by atoms with Gasteiger partial charge in [0.05, 0.1) is 12.8 Å². The van der Waals surface area contributed by atoms with Gasteiger partial charge < -0.3 is 5.11 Å². The predicted octanol–water partition coefficient (Wildman–Crippen LogP) is 2.09. The van der Waals surface area contributed by atoms with Crippen molar-refractivity contribution in [1.29, 1.82) is 0 Å². The van der Waals surface area contributed by atoms with Gasteiger partial charge in [0, 0.05) is 11.0 Å². The molecule has 0 saturated heterocycles. The molecule has 1 aromatic rings. The highest BCUT2D eigenvalue weighted by molar-refractivity contribution is 5.39. The van der Waals surface area contributed by atoms with Crippen LogP contribution in [0, 0.1) is 5.41 Å². The molecule has 1 atom stereocenters. The summed E-state index contributed by atoms with van der Waals surface area (Å²) in [7, 11) is 0. The molecule has 0 aromatic carbocycles. The van der Waals surface area contributed by atoms with Crippen molar-refractivity contribution in [1.82, 2.24) is 10.2 Å². The molecule has 3 nitrogen and oxygen atoms in total. The first-order valence-corrected chi connectivity index (χ1v) is 4.96. The van der Waals surface area contributed by atoms with Crippen molar-refractivity contribution in [3.05, 3.63) is 17.5 Å². The fraction of sp³-hybridized carbons (Fsp3) is 0.700. The molecule has 1 aliphatic carbocycles. The summed E-state index contributed by atoms with van der Waals surface area (Å²) in [5.41, 5.74) is -1.88. The summed E-state index contributed by atoms with van der Waals surface area (Å²) in [6, 6.07) is 0. The van der Waals surface area contributed by atoms with E-state index in [1.165, 1.54) is 6.20 Å². The van der Waals surface area contributed by atoms with Crippen LogP contribution in [0.25, 0.3) is 0 Å². The summed E-state index contributed by atoms with van der Waals surface area (Å²) in [5, 5.41) is 14.8. The molecule has 90 valence electrons.